The third-order valence-corrected chi connectivity index (χ3v) is 3.87. The van der Waals surface area contributed by atoms with Gasteiger partial charge in [0.25, 0.3) is 0 Å². The highest BCUT2D eigenvalue weighted by Gasteiger charge is 2.02. The molecule has 0 spiro atoms. The standard InChI is InChI=1S/C12H23N3S/c1-5-12-14-9-11(16-12)8-13-6-7-15(4)10(2)3/h9-10,13H,5-8H2,1-4H3. The average Bonchev–Trinajstić information content (AvgIpc) is 2.71. The summed E-state index contributed by atoms with van der Waals surface area (Å²) in [6.45, 7) is 9.66. The molecule has 0 bridgehead atoms. The molecule has 0 saturated carbocycles. The van der Waals surface area contributed by atoms with Crippen LogP contribution in [0.2, 0.25) is 0 Å². The van der Waals surface area contributed by atoms with Gasteiger partial charge in [-0.25, -0.2) is 4.98 Å². The molecule has 0 aromatic carbocycles. The van der Waals surface area contributed by atoms with Crippen molar-refractivity contribution < 1.29 is 0 Å². The Kier molecular flexibility index (Phi) is 5.95. The zero-order chi connectivity index (χ0) is 12.0. The Balaban J connectivity index is 2.16. The van der Waals surface area contributed by atoms with Crippen molar-refractivity contribution in [1.29, 1.82) is 0 Å². The van der Waals surface area contributed by atoms with Crippen LogP contribution in [0, 0.1) is 0 Å². The van der Waals surface area contributed by atoms with Crippen molar-refractivity contribution in [1.82, 2.24) is 15.2 Å². The molecule has 1 aromatic heterocycles. The summed E-state index contributed by atoms with van der Waals surface area (Å²) >= 11 is 1.81. The number of rotatable bonds is 7. The molecule has 1 N–H and O–H groups in total. The van der Waals surface area contributed by atoms with Crippen molar-refractivity contribution in [2.45, 2.75) is 39.8 Å². The number of likely N-dealkylation sites (N-methyl/N-ethyl adjacent to an activating group) is 1. The zero-order valence-corrected chi connectivity index (χ0v) is 11.6. The van der Waals surface area contributed by atoms with Crippen molar-refractivity contribution in [2.24, 2.45) is 0 Å². The van der Waals surface area contributed by atoms with E-state index in [-0.39, 0.29) is 0 Å². The van der Waals surface area contributed by atoms with E-state index in [0.29, 0.717) is 6.04 Å². The van der Waals surface area contributed by atoms with Crippen LogP contribution < -0.4 is 5.32 Å². The first-order chi connectivity index (χ1) is 7.63. The molecule has 1 rings (SSSR count). The molecule has 0 amide bonds. The Labute approximate surface area is 103 Å². The van der Waals surface area contributed by atoms with E-state index in [1.165, 1.54) is 9.88 Å². The number of aryl methyl sites for hydroxylation is 1. The highest BCUT2D eigenvalue weighted by molar-refractivity contribution is 7.11. The molecule has 1 aromatic rings. The quantitative estimate of drug-likeness (QED) is 0.741. The number of thiazole rings is 1. The fourth-order valence-corrected chi connectivity index (χ4v) is 2.15. The average molecular weight is 241 g/mol. The van der Waals surface area contributed by atoms with Crippen LogP contribution in [0.15, 0.2) is 6.20 Å². The van der Waals surface area contributed by atoms with Crippen LogP contribution in [-0.2, 0) is 13.0 Å². The lowest BCUT2D eigenvalue weighted by molar-refractivity contribution is 0.273. The van der Waals surface area contributed by atoms with Crippen LogP contribution in [0.1, 0.15) is 30.7 Å². The zero-order valence-electron chi connectivity index (χ0n) is 10.8. The van der Waals surface area contributed by atoms with Crippen LogP contribution in [0.5, 0.6) is 0 Å². The number of nitrogens with zero attached hydrogens (tertiary/aromatic N) is 2. The van der Waals surface area contributed by atoms with E-state index in [9.17, 15) is 0 Å². The highest BCUT2D eigenvalue weighted by Crippen LogP contribution is 2.12. The van der Waals surface area contributed by atoms with E-state index in [0.717, 1.165) is 26.1 Å². The topological polar surface area (TPSA) is 28.2 Å². The Hall–Kier alpha value is -0.450. The van der Waals surface area contributed by atoms with Crippen molar-refractivity contribution in [3.05, 3.63) is 16.1 Å². The number of nitrogens with one attached hydrogen (secondary N) is 1. The van der Waals surface area contributed by atoms with Crippen LogP contribution >= 0.6 is 11.3 Å². The van der Waals surface area contributed by atoms with Gasteiger partial charge >= 0.3 is 0 Å². The Morgan fingerprint density at radius 2 is 2.25 bits per heavy atom. The summed E-state index contributed by atoms with van der Waals surface area (Å²) in [6, 6.07) is 0.622. The van der Waals surface area contributed by atoms with Gasteiger partial charge in [-0.3, -0.25) is 0 Å². The third kappa shape index (κ3) is 4.60. The SMILES string of the molecule is CCc1ncc(CNCCN(C)C(C)C)s1. The van der Waals surface area contributed by atoms with Gasteiger partial charge in [-0.05, 0) is 27.3 Å². The largest absolute Gasteiger partial charge is 0.311 e. The van der Waals surface area contributed by atoms with Crippen molar-refractivity contribution >= 4 is 11.3 Å². The first-order valence-corrected chi connectivity index (χ1v) is 6.79. The lowest BCUT2D eigenvalue weighted by atomic mass is 10.3. The fraction of sp³-hybridized carbons (Fsp3) is 0.750. The molecule has 92 valence electrons. The maximum absolute atomic E-state index is 4.34. The van der Waals surface area contributed by atoms with Gasteiger partial charge in [-0.1, -0.05) is 6.92 Å². The Morgan fingerprint density at radius 3 is 2.81 bits per heavy atom. The maximum atomic E-state index is 4.34. The molecule has 0 aliphatic rings. The molecule has 0 fully saturated rings. The van der Waals surface area contributed by atoms with Crippen LogP contribution in [0.25, 0.3) is 0 Å². The van der Waals surface area contributed by atoms with Gasteiger partial charge in [0.05, 0.1) is 5.01 Å². The minimum absolute atomic E-state index is 0.622. The fourth-order valence-electron chi connectivity index (χ4n) is 1.32. The molecule has 4 heteroatoms. The van der Waals surface area contributed by atoms with Gasteiger partial charge in [-0.15, -0.1) is 11.3 Å². The molecular weight excluding hydrogens is 218 g/mol. The molecular formula is C12H23N3S. The van der Waals surface area contributed by atoms with Gasteiger partial charge in [0, 0.05) is 36.8 Å². The Morgan fingerprint density at radius 1 is 1.50 bits per heavy atom. The molecule has 0 atom stereocenters. The van der Waals surface area contributed by atoms with Crippen molar-refractivity contribution in [2.75, 3.05) is 20.1 Å². The number of hydrogen-bond acceptors (Lipinski definition) is 4. The molecule has 0 aliphatic carbocycles. The molecule has 0 saturated heterocycles. The minimum Gasteiger partial charge on any atom is -0.311 e. The highest BCUT2D eigenvalue weighted by atomic mass is 32.1. The van der Waals surface area contributed by atoms with Gasteiger partial charge in [0.1, 0.15) is 0 Å². The molecule has 3 nitrogen and oxygen atoms in total. The smallest absolute Gasteiger partial charge is 0.0925 e. The van der Waals surface area contributed by atoms with Crippen LogP contribution in [-0.4, -0.2) is 36.1 Å². The normalized spacial score (nSPS) is 11.6. The van der Waals surface area contributed by atoms with Crippen molar-refractivity contribution in [3.63, 3.8) is 0 Å². The van der Waals surface area contributed by atoms with E-state index in [1.54, 1.807) is 0 Å². The molecule has 0 unspecified atom stereocenters. The monoisotopic (exact) mass is 241 g/mol. The summed E-state index contributed by atoms with van der Waals surface area (Å²) in [5.74, 6) is 0. The predicted octanol–water partition coefficient (Wildman–Crippen LogP) is 2.14. The van der Waals surface area contributed by atoms with Crippen LogP contribution in [0.3, 0.4) is 0 Å². The summed E-state index contributed by atoms with van der Waals surface area (Å²) in [6.07, 6.45) is 3.03. The van der Waals surface area contributed by atoms with Gasteiger partial charge < -0.3 is 10.2 Å². The van der Waals surface area contributed by atoms with Gasteiger partial charge in [0.15, 0.2) is 0 Å². The maximum Gasteiger partial charge on any atom is 0.0925 e. The summed E-state index contributed by atoms with van der Waals surface area (Å²) < 4.78 is 0. The van der Waals surface area contributed by atoms with E-state index < -0.39 is 0 Å². The summed E-state index contributed by atoms with van der Waals surface area (Å²) in [4.78, 5) is 8.03. The lowest BCUT2D eigenvalue weighted by Gasteiger charge is -2.20. The van der Waals surface area contributed by atoms with E-state index in [2.05, 4.69) is 43.0 Å². The lowest BCUT2D eigenvalue weighted by Crippen LogP contribution is -2.33. The van der Waals surface area contributed by atoms with E-state index in [4.69, 9.17) is 0 Å². The predicted molar refractivity (Wildman–Crippen MR) is 71.0 cm³/mol. The van der Waals surface area contributed by atoms with Crippen LogP contribution in [0.4, 0.5) is 0 Å². The first kappa shape index (κ1) is 13.6. The van der Waals surface area contributed by atoms with Gasteiger partial charge in [0.2, 0.25) is 0 Å². The molecule has 0 radical (unpaired) electrons. The second-order valence-corrected chi connectivity index (χ2v) is 5.52. The summed E-state index contributed by atoms with van der Waals surface area (Å²) in [7, 11) is 2.16. The third-order valence-electron chi connectivity index (χ3n) is 2.73. The number of hydrogen-bond donors (Lipinski definition) is 1. The van der Waals surface area contributed by atoms with Crippen molar-refractivity contribution in [3.8, 4) is 0 Å². The second kappa shape index (κ2) is 6.99. The molecule has 1 heterocycles. The van der Waals surface area contributed by atoms with E-state index >= 15 is 0 Å². The van der Waals surface area contributed by atoms with Gasteiger partial charge in [-0.2, -0.15) is 0 Å². The minimum atomic E-state index is 0.622. The summed E-state index contributed by atoms with van der Waals surface area (Å²) in [5, 5.41) is 4.69. The summed E-state index contributed by atoms with van der Waals surface area (Å²) in [5.41, 5.74) is 0. The second-order valence-electron chi connectivity index (χ2n) is 4.32. The molecule has 0 aliphatic heterocycles. The van der Waals surface area contributed by atoms with E-state index in [1.807, 2.05) is 17.5 Å². The molecule has 16 heavy (non-hydrogen) atoms. The first-order valence-electron chi connectivity index (χ1n) is 5.98. The Bertz CT molecular complexity index is 296. The number of aromatic nitrogens is 1.